The fourth-order valence-electron chi connectivity index (χ4n) is 1.92. The molecule has 1 N–H and O–H groups in total. The first-order valence-corrected chi connectivity index (χ1v) is 7.21. The molecule has 0 aliphatic rings. The predicted octanol–water partition coefficient (Wildman–Crippen LogP) is 3.43. The van der Waals surface area contributed by atoms with Gasteiger partial charge in [-0.2, -0.15) is 0 Å². The summed E-state index contributed by atoms with van der Waals surface area (Å²) in [5, 5.41) is 4.33. The number of methoxy groups -OCH3 is 1. The summed E-state index contributed by atoms with van der Waals surface area (Å²) in [6, 6.07) is 8.40. The lowest BCUT2D eigenvalue weighted by Crippen LogP contribution is -2.23. The van der Waals surface area contributed by atoms with Gasteiger partial charge in [-0.3, -0.25) is 0 Å². The summed E-state index contributed by atoms with van der Waals surface area (Å²) in [7, 11) is 1.68. The Morgan fingerprint density at radius 2 is 2.11 bits per heavy atom. The van der Waals surface area contributed by atoms with Crippen molar-refractivity contribution in [2.45, 2.75) is 25.8 Å². The SMILES string of the molecule is CCC(NCCCOCCOC)c1cccc(Cl)c1. The summed E-state index contributed by atoms with van der Waals surface area (Å²) in [5.74, 6) is 0. The Morgan fingerprint density at radius 1 is 1.26 bits per heavy atom. The average molecular weight is 286 g/mol. The van der Waals surface area contributed by atoms with E-state index in [9.17, 15) is 0 Å². The first-order chi connectivity index (χ1) is 9.27. The first kappa shape index (κ1) is 16.4. The zero-order valence-electron chi connectivity index (χ0n) is 11.8. The lowest BCUT2D eigenvalue weighted by molar-refractivity contribution is 0.0692. The molecule has 1 aromatic carbocycles. The molecule has 108 valence electrons. The summed E-state index contributed by atoms with van der Waals surface area (Å²) in [5.41, 5.74) is 1.25. The predicted molar refractivity (Wildman–Crippen MR) is 79.8 cm³/mol. The van der Waals surface area contributed by atoms with E-state index in [0.29, 0.717) is 19.3 Å². The Labute approximate surface area is 121 Å². The van der Waals surface area contributed by atoms with E-state index in [0.717, 1.165) is 31.0 Å². The maximum atomic E-state index is 6.02. The second kappa shape index (κ2) is 10.2. The fourth-order valence-corrected chi connectivity index (χ4v) is 2.11. The van der Waals surface area contributed by atoms with Crippen molar-refractivity contribution < 1.29 is 9.47 Å². The van der Waals surface area contributed by atoms with E-state index in [1.165, 1.54) is 5.56 Å². The van der Waals surface area contributed by atoms with E-state index in [1.54, 1.807) is 7.11 Å². The number of ether oxygens (including phenoxy) is 2. The average Bonchev–Trinajstić information content (AvgIpc) is 2.42. The minimum Gasteiger partial charge on any atom is -0.382 e. The number of hydrogen-bond acceptors (Lipinski definition) is 3. The van der Waals surface area contributed by atoms with Crippen LogP contribution < -0.4 is 5.32 Å². The van der Waals surface area contributed by atoms with Gasteiger partial charge in [0.2, 0.25) is 0 Å². The van der Waals surface area contributed by atoms with Gasteiger partial charge in [-0.1, -0.05) is 30.7 Å². The molecular formula is C15H24ClNO2. The van der Waals surface area contributed by atoms with E-state index < -0.39 is 0 Å². The van der Waals surface area contributed by atoms with Crippen molar-refractivity contribution in [2.24, 2.45) is 0 Å². The molecule has 1 aromatic rings. The molecule has 4 heteroatoms. The molecular weight excluding hydrogens is 262 g/mol. The Kier molecular flexibility index (Phi) is 8.84. The van der Waals surface area contributed by atoms with Crippen LogP contribution in [0.1, 0.15) is 31.4 Å². The molecule has 0 spiro atoms. The monoisotopic (exact) mass is 285 g/mol. The molecule has 1 unspecified atom stereocenters. The van der Waals surface area contributed by atoms with Crippen LogP contribution in [-0.2, 0) is 9.47 Å². The van der Waals surface area contributed by atoms with Crippen molar-refractivity contribution in [3.05, 3.63) is 34.9 Å². The summed E-state index contributed by atoms with van der Waals surface area (Å²) in [4.78, 5) is 0. The van der Waals surface area contributed by atoms with Gasteiger partial charge in [0.15, 0.2) is 0 Å². The molecule has 3 nitrogen and oxygen atoms in total. The van der Waals surface area contributed by atoms with Gasteiger partial charge in [-0.25, -0.2) is 0 Å². The normalized spacial score (nSPS) is 12.6. The third kappa shape index (κ3) is 6.92. The standard InChI is InChI=1S/C15H24ClNO2/c1-3-15(13-6-4-7-14(16)12-13)17-8-5-9-19-11-10-18-2/h4,6-7,12,15,17H,3,5,8-11H2,1-2H3. The summed E-state index contributed by atoms with van der Waals surface area (Å²) >= 11 is 6.02. The zero-order chi connectivity index (χ0) is 13.9. The smallest absolute Gasteiger partial charge is 0.0700 e. The number of hydrogen-bond donors (Lipinski definition) is 1. The quantitative estimate of drug-likeness (QED) is 0.668. The van der Waals surface area contributed by atoms with Gasteiger partial charge in [-0.15, -0.1) is 0 Å². The number of benzene rings is 1. The lowest BCUT2D eigenvalue weighted by atomic mass is 10.0. The third-order valence-corrected chi connectivity index (χ3v) is 3.18. The van der Waals surface area contributed by atoms with E-state index in [2.05, 4.69) is 18.3 Å². The van der Waals surface area contributed by atoms with Gasteiger partial charge < -0.3 is 14.8 Å². The Balaban J connectivity index is 2.22. The topological polar surface area (TPSA) is 30.5 Å². The molecule has 0 saturated carbocycles. The Hall–Kier alpha value is -0.610. The van der Waals surface area contributed by atoms with Crippen LogP contribution >= 0.6 is 11.6 Å². The third-order valence-electron chi connectivity index (χ3n) is 2.95. The molecule has 0 heterocycles. The highest BCUT2D eigenvalue weighted by Crippen LogP contribution is 2.20. The molecule has 0 radical (unpaired) electrons. The fraction of sp³-hybridized carbons (Fsp3) is 0.600. The van der Waals surface area contributed by atoms with Crippen LogP contribution in [-0.4, -0.2) is 33.5 Å². The van der Waals surface area contributed by atoms with E-state index in [-0.39, 0.29) is 0 Å². The van der Waals surface area contributed by atoms with Crippen molar-refractivity contribution in [1.82, 2.24) is 5.32 Å². The molecule has 0 fully saturated rings. The van der Waals surface area contributed by atoms with Crippen LogP contribution in [0, 0.1) is 0 Å². The molecule has 0 aromatic heterocycles. The minimum atomic E-state index is 0.359. The highest BCUT2D eigenvalue weighted by molar-refractivity contribution is 6.30. The van der Waals surface area contributed by atoms with Gasteiger partial charge in [0.25, 0.3) is 0 Å². The maximum Gasteiger partial charge on any atom is 0.0700 e. The van der Waals surface area contributed by atoms with E-state index in [4.69, 9.17) is 21.1 Å². The van der Waals surface area contributed by atoms with Gasteiger partial charge in [-0.05, 0) is 37.1 Å². The van der Waals surface area contributed by atoms with E-state index >= 15 is 0 Å². The molecule has 0 amide bonds. The molecule has 1 rings (SSSR count). The van der Waals surface area contributed by atoms with Crippen LogP contribution in [0.15, 0.2) is 24.3 Å². The van der Waals surface area contributed by atoms with Crippen LogP contribution in [0.25, 0.3) is 0 Å². The van der Waals surface area contributed by atoms with Crippen molar-refractivity contribution >= 4 is 11.6 Å². The summed E-state index contributed by atoms with van der Waals surface area (Å²) in [6.45, 7) is 5.21. The zero-order valence-corrected chi connectivity index (χ0v) is 12.6. The van der Waals surface area contributed by atoms with Crippen LogP contribution in [0.5, 0.6) is 0 Å². The van der Waals surface area contributed by atoms with Crippen molar-refractivity contribution in [3.8, 4) is 0 Å². The second-order valence-electron chi connectivity index (χ2n) is 4.43. The van der Waals surface area contributed by atoms with Gasteiger partial charge in [0.05, 0.1) is 13.2 Å². The van der Waals surface area contributed by atoms with E-state index in [1.807, 2.05) is 18.2 Å². The molecule has 0 aliphatic carbocycles. The minimum absolute atomic E-state index is 0.359. The van der Waals surface area contributed by atoms with Crippen molar-refractivity contribution in [1.29, 1.82) is 0 Å². The molecule has 0 saturated heterocycles. The van der Waals surface area contributed by atoms with Crippen molar-refractivity contribution in [2.75, 3.05) is 33.5 Å². The van der Waals surface area contributed by atoms with Crippen LogP contribution in [0.2, 0.25) is 5.02 Å². The van der Waals surface area contributed by atoms with Crippen molar-refractivity contribution in [3.63, 3.8) is 0 Å². The lowest BCUT2D eigenvalue weighted by Gasteiger charge is -2.17. The Bertz CT molecular complexity index is 347. The van der Waals surface area contributed by atoms with Crippen LogP contribution in [0.4, 0.5) is 0 Å². The van der Waals surface area contributed by atoms with Crippen LogP contribution in [0.3, 0.4) is 0 Å². The Morgan fingerprint density at radius 3 is 2.79 bits per heavy atom. The summed E-state index contributed by atoms with van der Waals surface area (Å²) < 4.78 is 10.3. The highest BCUT2D eigenvalue weighted by atomic mass is 35.5. The largest absolute Gasteiger partial charge is 0.382 e. The molecule has 1 atom stereocenters. The van der Waals surface area contributed by atoms with Gasteiger partial charge >= 0.3 is 0 Å². The highest BCUT2D eigenvalue weighted by Gasteiger charge is 2.08. The molecule has 0 bridgehead atoms. The molecule has 19 heavy (non-hydrogen) atoms. The van der Waals surface area contributed by atoms with Gasteiger partial charge in [0, 0.05) is 24.8 Å². The first-order valence-electron chi connectivity index (χ1n) is 6.83. The number of rotatable bonds is 10. The maximum absolute atomic E-state index is 6.02. The number of nitrogens with one attached hydrogen (secondary N) is 1. The van der Waals surface area contributed by atoms with Gasteiger partial charge in [0.1, 0.15) is 0 Å². The second-order valence-corrected chi connectivity index (χ2v) is 4.87. The molecule has 0 aliphatic heterocycles. The summed E-state index contributed by atoms with van der Waals surface area (Å²) in [6.07, 6.45) is 2.05. The number of halogens is 1.